The molecule has 1 saturated heterocycles. The largest absolute Gasteiger partial charge is 0.492 e. The number of likely N-dealkylation sites (tertiary alicyclic amines) is 1. The maximum absolute atomic E-state index is 12.6. The first-order valence-electron chi connectivity index (χ1n) is 9.31. The highest BCUT2D eigenvalue weighted by Crippen LogP contribution is 2.28. The van der Waals surface area contributed by atoms with Gasteiger partial charge in [0.15, 0.2) is 11.6 Å². The van der Waals surface area contributed by atoms with Crippen molar-refractivity contribution in [3.63, 3.8) is 0 Å². The Morgan fingerprint density at radius 3 is 2.85 bits per heavy atom. The van der Waals surface area contributed by atoms with Crippen LogP contribution in [0.2, 0.25) is 0 Å². The van der Waals surface area contributed by atoms with E-state index in [0.29, 0.717) is 42.2 Å². The number of nitrogens with zero attached hydrogens (tertiary/aromatic N) is 1. The molecule has 1 atom stereocenters. The molecule has 2 aromatic carbocycles. The van der Waals surface area contributed by atoms with E-state index in [0.717, 1.165) is 26.1 Å². The van der Waals surface area contributed by atoms with Gasteiger partial charge in [0, 0.05) is 31.5 Å². The summed E-state index contributed by atoms with van der Waals surface area (Å²) >= 11 is 0. The molecule has 1 fully saturated rings. The number of hydrogen-bond donors (Lipinski definition) is 0. The Bertz CT molecular complexity index is 815. The van der Waals surface area contributed by atoms with Crippen molar-refractivity contribution < 1.29 is 14.3 Å². The summed E-state index contributed by atoms with van der Waals surface area (Å²) in [5, 5.41) is 0. The average molecular weight is 349 g/mol. The summed E-state index contributed by atoms with van der Waals surface area (Å²) in [5.74, 6) is 1.31. The van der Waals surface area contributed by atoms with Crippen LogP contribution in [0.3, 0.4) is 0 Å². The molecule has 2 aromatic rings. The van der Waals surface area contributed by atoms with Crippen molar-refractivity contribution in [3.8, 4) is 5.75 Å². The second-order valence-electron chi connectivity index (χ2n) is 7.10. The minimum Gasteiger partial charge on any atom is -0.492 e. The van der Waals surface area contributed by atoms with E-state index in [1.165, 1.54) is 5.56 Å². The number of ketones is 2. The first kappa shape index (κ1) is 17.0. The lowest BCUT2D eigenvalue weighted by Crippen LogP contribution is -2.24. The Kier molecular flexibility index (Phi) is 4.85. The molecule has 26 heavy (non-hydrogen) atoms. The molecule has 134 valence electrons. The van der Waals surface area contributed by atoms with Crippen molar-refractivity contribution >= 4 is 11.6 Å². The van der Waals surface area contributed by atoms with Crippen LogP contribution in [0.25, 0.3) is 0 Å². The van der Waals surface area contributed by atoms with Crippen molar-refractivity contribution in [1.29, 1.82) is 0 Å². The fourth-order valence-electron chi connectivity index (χ4n) is 3.87. The summed E-state index contributed by atoms with van der Waals surface area (Å²) in [6.07, 6.45) is 2.01. The van der Waals surface area contributed by atoms with Crippen molar-refractivity contribution in [3.05, 3.63) is 65.2 Å². The summed E-state index contributed by atoms with van der Waals surface area (Å²) < 4.78 is 5.48. The number of hydrogen-bond acceptors (Lipinski definition) is 4. The summed E-state index contributed by atoms with van der Waals surface area (Å²) in [6.45, 7) is 3.23. The van der Waals surface area contributed by atoms with E-state index in [4.69, 9.17) is 4.74 Å². The van der Waals surface area contributed by atoms with E-state index in [-0.39, 0.29) is 11.6 Å². The lowest BCUT2D eigenvalue weighted by atomic mass is 9.98. The van der Waals surface area contributed by atoms with Crippen molar-refractivity contribution in [2.75, 3.05) is 26.2 Å². The number of rotatable bonds is 5. The van der Waals surface area contributed by atoms with E-state index in [1.807, 2.05) is 6.07 Å². The van der Waals surface area contributed by atoms with Crippen LogP contribution in [0.15, 0.2) is 48.5 Å². The predicted molar refractivity (Wildman–Crippen MR) is 100 cm³/mol. The van der Waals surface area contributed by atoms with Crippen LogP contribution in [-0.2, 0) is 0 Å². The maximum atomic E-state index is 12.6. The molecule has 0 aliphatic carbocycles. The Balaban J connectivity index is 1.35. The molecule has 2 heterocycles. The van der Waals surface area contributed by atoms with Gasteiger partial charge < -0.3 is 9.64 Å². The molecule has 0 bridgehead atoms. The van der Waals surface area contributed by atoms with Crippen molar-refractivity contribution in [2.45, 2.75) is 25.2 Å². The average Bonchev–Trinajstić information content (AvgIpc) is 3.16. The van der Waals surface area contributed by atoms with E-state index < -0.39 is 0 Å². The van der Waals surface area contributed by atoms with E-state index >= 15 is 0 Å². The second-order valence-corrected chi connectivity index (χ2v) is 7.10. The molecule has 0 aromatic heterocycles. The molecule has 4 heteroatoms. The monoisotopic (exact) mass is 349 g/mol. The number of ether oxygens (including phenoxy) is 1. The van der Waals surface area contributed by atoms with Gasteiger partial charge in [-0.1, -0.05) is 30.3 Å². The van der Waals surface area contributed by atoms with Gasteiger partial charge in [-0.3, -0.25) is 9.59 Å². The van der Waals surface area contributed by atoms with Crippen LogP contribution in [0, 0.1) is 0 Å². The number of fused-ring (bicyclic) bond motifs is 1. The van der Waals surface area contributed by atoms with Gasteiger partial charge in [0.05, 0.1) is 12.2 Å². The van der Waals surface area contributed by atoms with E-state index in [1.54, 1.807) is 18.2 Å². The van der Waals surface area contributed by atoms with E-state index in [2.05, 4.69) is 29.2 Å². The Hall–Kier alpha value is -2.46. The molecule has 0 spiro atoms. The first-order chi connectivity index (χ1) is 12.7. The van der Waals surface area contributed by atoms with Crippen LogP contribution < -0.4 is 4.74 Å². The third-order valence-corrected chi connectivity index (χ3v) is 5.39. The zero-order chi connectivity index (χ0) is 17.9. The second kappa shape index (κ2) is 7.42. The minimum atomic E-state index is 0.0612. The predicted octanol–water partition coefficient (Wildman–Crippen LogP) is 3.71. The smallest absolute Gasteiger partial charge is 0.170 e. The molecular weight excluding hydrogens is 326 g/mol. The molecule has 4 nitrogen and oxygen atoms in total. The zero-order valence-electron chi connectivity index (χ0n) is 14.8. The standard InChI is InChI=1S/C22H23NO3/c24-20(17-6-7-22-19(14-17)21(25)10-13-26-22)9-12-23-11-8-18(15-23)16-4-2-1-3-5-16/h1-7,14,18H,8-13,15H2. The number of carbonyl (C=O) groups excluding carboxylic acids is 2. The van der Waals surface area contributed by atoms with Crippen LogP contribution in [0.4, 0.5) is 0 Å². The summed E-state index contributed by atoms with van der Waals surface area (Å²) in [4.78, 5) is 26.9. The third-order valence-electron chi connectivity index (χ3n) is 5.39. The van der Waals surface area contributed by atoms with Crippen molar-refractivity contribution in [1.82, 2.24) is 4.90 Å². The first-order valence-corrected chi connectivity index (χ1v) is 9.31. The van der Waals surface area contributed by atoms with Gasteiger partial charge in [-0.25, -0.2) is 0 Å². The molecule has 2 aliphatic heterocycles. The molecule has 4 rings (SSSR count). The molecule has 0 amide bonds. The molecular formula is C22H23NO3. The van der Waals surface area contributed by atoms with Gasteiger partial charge >= 0.3 is 0 Å². The fourth-order valence-corrected chi connectivity index (χ4v) is 3.87. The maximum Gasteiger partial charge on any atom is 0.170 e. The highest BCUT2D eigenvalue weighted by Gasteiger charge is 2.24. The zero-order valence-corrected chi connectivity index (χ0v) is 14.8. The van der Waals surface area contributed by atoms with Crippen LogP contribution in [0.1, 0.15) is 51.5 Å². The van der Waals surface area contributed by atoms with Gasteiger partial charge in [-0.15, -0.1) is 0 Å². The highest BCUT2D eigenvalue weighted by molar-refractivity contribution is 6.03. The summed E-state index contributed by atoms with van der Waals surface area (Å²) in [5.41, 5.74) is 2.54. The van der Waals surface area contributed by atoms with Crippen LogP contribution >= 0.6 is 0 Å². The SMILES string of the molecule is O=C(CCN1CCC(c2ccccc2)C1)c1ccc2c(c1)C(=O)CCO2. The number of carbonyl (C=O) groups is 2. The Morgan fingerprint density at radius 2 is 2.00 bits per heavy atom. The van der Waals surface area contributed by atoms with Gasteiger partial charge in [0.25, 0.3) is 0 Å². The molecule has 0 saturated carbocycles. The molecule has 1 unspecified atom stereocenters. The summed E-state index contributed by atoms with van der Waals surface area (Å²) in [6, 6.07) is 15.8. The summed E-state index contributed by atoms with van der Waals surface area (Å²) in [7, 11) is 0. The Morgan fingerprint density at radius 1 is 1.15 bits per heavy atom. The number of benzene rings is 2. The fraction of sp³-hybridized carbons (Fsp3) is 0.364. The van der Waals surface area contributed by atoms with Crippen LogP contribution in [-0.4, -0.2) is 42.7 Å². The Labute approximate surface area is 153 Å². The third kappa shape index (κ3) is 3.56. The quantitative estimate of drug-likeness (QED) is 0.772. The topological polar surface area (TPSA) is 46.6 Å². The minimum absolute atomic E-state index is 0.0612. The van der Waals surface area contributed by atoms with Gasteiger partial charge in [0.1, 0.15) is 5.75 Å². The normalized spacial score (nSPS) is 19.8. The van der Waals surface area contributed by atoms with Crippen LogP contribution in [0.5, 0.6) is 5.75 Å². The molecule has 2 aliphatic rings. The highest BCUT2D eigenvalue weighted by atomic mass is 16.5. The van der Waals surface area contributed by atoms with Gasteiger partial charge in [-0.2, -0.15) is 0 Å². The molecule has 0 N–H and O–H groups in total. The van der Waals surface area contributed by atoms with Gasteiger partial charge in [-0.05, 0) is 42.6 Å². The van der Waals surface area contributed by atoms with E-state index in [9.17, 15) is 9.59 Å². The molecule has 0 radical (unpaired) electrons. The van der Waals surface area contributed by atoms with Crippen molar-refractivity contribution in [2.24, 2.45) is 0 Å². The lowest BCUT2D eigenvalue weighted by molar-refractivity contribution is 0.0933. The van der Waals surface area contributed by atoms with Gasteiger partial charge in [0.2, 0.25) is 0 Å². The number of Topliss-reactive ketones (excluding diaryl/α,β-unsaturated/α-hetero) is 2. The lowest BCUT2D eigenvalue weighted by Gasteiger charge is -2.18.